The van der Waals surface area contributed by atoms with Crippen LogP contribution in [0.1, 0.15) is 25.7 Å². The van der Waals surface area contributed by atoms with Gasteiger partial charge in [0, 0.05) is 19.4 Å². The maximum Gasteiger partial charge on any atom is 0.0844 e. The zero-order valence-corrected chi connectivity index (χ0v) is 9.09. The number of nitrogens with two attached hydrogens (primary N) is 1. The van der Waals surface area contributed by atoms with Crippen LogP contribution in [0.3, 0.4) is 0 Å². The first-order chi connectivity index (χ1) is 4.81. The Labute approximate surface area is 85.5 Å². The fourth-order valence-electron chi connectivity index (χ4n) is 0.931. The highest BCUT2D eigenvalue weighted by Crippen LogP contribution is 1.98. The summed E-state index contributed by atoms with van der Waals surface area (Å²) in [5, 5.41) is 8.49. The average molecular weight is 274 g/mol. The Morgan fingerprint density at radius 2 is 1.82 bits per heavy atom. The number of hydrogen-bond acceptors (Lipinski definition) is 2. The molecular weight excluding hydrogens is 255 g/mol. The van der Waals surface area contributed by atoms with Gasteiger partial charge in [-0.05, 0) is 19.4 Å². The molecule has 0 spiro atoms. The maximum atomic E-state index is 8.49. The van der Waals surface area contributed by atoms with Crippen molar-refractivity contribution in [1.29, 1.82) is 0 Å². The van der Waals surface area contributed by atoms with E-state index < -0.39 is 0 Å². The Morgan fingerprint density at radius 3 is 2.27 bits per heavy atom. The van der Waals surface area contributed by atoms with Gasteiger partial charge in [0.1, 0.15) is 0 Å². The standard InChI is InChI=1S/C7H18N2O.HI/c8-5-1-3-7(9)4-2-6-10;/h7,10H,1-6,8-9H2;1H. The van der Waals surface area contributed by atoms with Gasteiger partial charge >= 0.3 is 0 Å². The van der Waals surface area contributed by atoms with E-state index in [0.717, 1.165) is 32.2 Å². The minimum absolute atomic E-state index is 0. The lowest BCUT2D eigenvalue weighted by Gasteiger charge is -2.05. The first-order valence-corrected chi connectivity index (χ1v) is 3.95. The van der Waals surface area contributed by atoms with Crippen molar-refractivity contribution >= 4 is 0 Å². The van der Waals surface area contributed by atoms with Crippen molar-refractivity contribution in [3.63, 3.8) is 0 Å². The summed E-state index contributed by atoms with van der Waals surface area (Å²) in [6.45, 7) is 1.04. The van der Waals surface area contributed by atoms with Gasteiger partial charge in [0.2, 0.25) is 0 Å². The first-order valence-electron chi connectivity index (χ1n) is 3.95. The predicted octanol–water partition coefficient (Wildman–Crippen LogP) is -3.89. The maximum absolute atomic E-state index is 8.49. The van der Waals surface area contributed by atoms with E-state index in [1.807, 2.05) is 0 Å². The van der Waals surface area contributed by atoms with Crippen LogP contribution in [0.2, 0.25) is 0 Å². The van der Waals surface area contributed by atoms with E-state index in [0.29, 0.717) is 6.04 Å². The normalized spacial score (nSPS) is 12.3. The van der Waals surface area contributed by atoms with Crippen LogP contribution >= 0.6 is 0 Å². The van der Waals surface area contributed by atoms with Gasteiger partial charge in [-0.25, -0.2) is 0 Å². The molecule has 0 rings (SSSR count). The highest BCUT2D eigenvalue weighted by atomic mass is 127. The summed E-state index contributed by atoms with van der Waals surface area (Å²) in [6.07, 6.45) is 4.05. The van der Waals surface area contributed by atoms with Crippen molar-refractivity contribution in [2.45, 2.75) is 31.7 Å². The summed E-state index contributed by atoms with van der Waals surface area (Å²) < 4.78 is 0. The van der Waals surface area contributed by atoms with E-state index in [2.05, 4.69) is 5.73 Å². The molecule has 0 aromatic rings. The number of halogens is 1. The Morgan fingerprint density at radius 1 is 1.27 bits per heavy atom. The molecule has 0 aliphatic rings. The average Bonchev–Trinajstić information content (AvgIpc) is 1.97. The Balaban J connectivity index is 0. The minimum Gasteiger partial charge on any atom is -1.00 e. The van der Waals surface area contributed by atoms with Crippen molar-refractivity contribution in [1.82, 2.24) is 0 Å². The minimum atomic E-state index is 0. The molecule has 0 saturated carbocycles. The molecule has 0 aromatic carbocycles. The van der Waals surface area contributed by atoms with E-state index in [4.69, 9.17) is 10.8 Å². The second-order valence-corrected chi connectivity index (χ2v) is 2.66. The zero-order chi connectivity index (χ0) is 7.82. The van der Waals surface area contributed by atoms with Crippen LogP contribution in [-0.2, 0) is 0 Å². The van der Waals surface area contributed by atoms with Crippen molar-refractivity contribution in [2.24, 2.45) is 5.73 Å². The summed E-state index contributed by atoms with van der Waals surface area (Å²) in [6, 6.07) is 0.482. The molecular formula is C7H19IN2O. The number of aliphatic hydroxyl groups excluding tert-OH is 1. The Hall–Kier alpha value is 0.610. The van der Waals surface area contributed by atoms with Gasteiger partial charge in [-0.2, -0.15) is 0 Å². The lowest BCUT2D eigenvalue weighted by molar-refractivity contribution is -0.423. The highest BCUT2D eigenvalue weighted by Gasteiger charge is 2.03. The molecule has 70 valence electrons. The monoisotopic (exact) mass is 274 g/mol. The molecule has 11 heavy (non-hydrogen) atoms. The number of hydrogen-bond donors (Lipinski definition) is 3. The lowest BCUT2D eigenvalue weighted by atomic mass is 10.1. The Bertz CT molecular complexity index is 65.5. The summed E-state index contributed by atoms with van der Waals surface area (Å²) >= 11 is 0. The van der Waals surface area contributed by atoms with Gasteiger partial charge in [-0.15, -0.1) is 0 Å². The van der Waals surface area contributed by atoms with Crippen LogP contribution in [-0.4, -0.2) is 24.3 Å². The molecule has 0 aliphatic heterocycles. The van der Waals surface area contributed by atoms with E-state index in [1.165, 1.54) is 0 Å². The predicted molar refractivity (Wildman–Crippen MR) is 41.3 cm³/mol. The number of rotatable bonds is 6. The summed E-state index contributed by atoms with van der Waals surface area (Å²) in [5.74, 6) is 0. The van der Waals surface area contributed by atoms with Crippen LogP contribution in [0, 0.1) is 0 Å². The molecule has 0 fully saturated rings. The molecule has 0 saturated heterocycles. The first kappa shape index (κ1) is 14.2. The third-order valence-electron chi connectivity index (χ3n) is 1.59. The Kier molecular flexibility index (Phi) is 13.7. The van der Waals surface area contributed by atoms with Crippen molar-refractivity contribution in [2.75, 3.05) is 13.2 Å². The fourth-order valence-corrected chi connectivity index (χ4v) is 0.931. The van der Waals surface area contributed by atoms with E-state index in [-0.39, 0.29) is 30.6 Å². The second-order valence-electron chi connectivity index (χ2n) is 2.66. The lowest BCUT2D eigenvalue weighted by Crippen LogP contribution is -3.00. The smallest absolute Gasteiger partial charge is 0.0844 e. The second kappa shape index (κ2) is 10.6. The fraction of sp³-hybridized carbons (Fsp3) is 1.00. The summed E-state index contributed by atoms with van der Waals surface area (Å²) in [7, 11) is 0. The molecule has 0 amide bonds. The SMILES string of the molecule is NCCCC([NH3+])CCCO.[I-]. The molecule has 0 aromatic heterocycles. The van der Waals surface area contributed by atoms with E-state index in [9.17, 15) is 0 Å². The van der Waals surface area contributed by atoms with Crippen LogP contribution in [0.5, 0.6) is 0 Å². The molecule has 0 radical (unpaired) electrons. The van der Waals surface area contributed by atoms with Crippen LogP contribution in [0.15, 0.2) is 0 Å². The molecule has 1 unspecified atom stereocenters. The topological polar surface area (TPSA) is 73.9 Å². The molecule has 6 N–H and O–H groups in total. The molecule has 0 aliphatic carbocycles. The van der Waals surface area contributed by atoms with Gasteiger partial charge in [0.05, 0.1) is 6.04 Å². The van der Waals surface area contributed by atoms with Gasteiger partial charge < -0.3 is 40.6 Å². The number of aliphatic hydroxyl groups is 1. The molecule has 3 nitrogen and oxygen atoms in total. The number of quaternary nitrogens is 1. The summed E-state index contributed by atoms with van der Waals surface area (Å²) in [5.41, 5.74) is 9.27. The third-order valence-corrected chi connectivity index (χ3v) is 1.59. The zero-order valence-electron chi connectivity index (χ0n) is 6.93. The van der Waals surface area contributed by atoms with E-state index in [1.54, 1.807) is 0 Å². The molecule has 0 bridgehead atoms. The quantitative estimate of drug-likeness (QED) is 0.433. The third kappa shape index (κ3) is 10.6. The van der Waals surface area contributed by atoms with Gasteiger partial charge in [-0.1, -0.05) is 0 Å². The van der Waals surface area contributed by atoms with Crippen LogP contribution in [0.25, 0.3) is 0 Å². The van der Waals surface area contributed by atoms with E-state index >= 15 is 0 Å². The highest BCUT2D eigenvalue weighted by molar-refractivity contribution is 4.53. The molecule has 4 heteroatoms. The largest absolute Gasteiger partial charge is 1.00 e. The van der Waals surface area contributed by atoms with Gasteiger partial charge in [-0.3, -0.25) is 0 Å². The van der Waals surface area contributed by atoms with Crippen LogP contribution < -0.4 is 35.4 Å². The van der Waals surface area contributed by atoms with Crippen molar-refractivity contribution in [3.05, 3.63) is 0 Å². The van der Waals surface area contributed by atoms with Crippen LogP contribution in [0.4, 0.5) is 0 Å². The molecule has 1 atom stereocenters. The van der Waals surface area contributed by atoms with Gasteiger partial charge in [0.25, 0.3) is 0 Å². The van der Waals surface area contributed by atoms with Crippen molar-refractivity contribution in [3.8, 4) is 0 Å². The van der Waals surface area contributed by atoms with Crippen molar-refractivity contribution < 1.29 is 34.8 Å². The molecule has 0 heterocycles. The van der Waals surface area contributed by atoms with Gasteiger partial charge in [0.15, 0.2) is 0 Å². The summed E-state index contributed by atoms with van der Waals surface area (Å²) in [4.78, 5) is 0.